The van der Waals surface area contributed by atoms with Crippen molar-refractivity contribution in [2.75, 3.05) is 0 Å². The van der Waals surface area contributed by atoms with Crippen molar-refractivity contribution in [3.8, 4) is 5.75 Å². The number of ether oxygens (including phenoxy) is 1. The van der Waals surface area contributed by atoms with E-state index >= 15 is 0 Å². The number of nitrogens with zero attached hydrogens (tertiary/aromatic N) is 1. The molecule has 0 N–H and O–H groups in total. The summed E-state index contributed by atoms with van der Waals surface area (Å²) in [6, 6.07) is 8.26. The first-order chi connectivity index (χ1) is 12.3. The molecular formula is C18H12ClNO6. The number of fused-ring (bicyclic) bond motifs is 1. The topological polar surface area (TPSA) is 99.7 Å². The van der Waals surface area contributed by atoms with E-state index in [2.05, 4.69) is 0 Å². The number of halogens is 1. The molecular weight excluding hydrogens is 362 g/mol. The van der Waals surface area contributed by atoms with Crippen LogP contribution in [0.3, 0.4) is 0 Å². The van der Waals surface area contributed by atoms with Gasteiger partial charge in [-0.1, -0.05) is 11.6 Å². The lowest BCUT2D eigenvalue weighted by Gasteiger charge is -2.10. The van der Waals surface area contributed by atoms with Gasteiger partial charge in [-0.3, -0.25) is 10.1 Å². The summed E-state index contributed by atoms with van der Waals surface area (Å²) in [4.78, 5) is 34.2. The molecule has 0 aliphatic carbocycles. The molecule has 0 bridgehead atoms. The van der Waals surface area contributed by atoms with Crippen LogP contribution in [0.4, 0.5) is 5.69 Å². The van der Waals surface area contributed by atoms with Crippen molar-refractivity contribution in [2.45, 2.75) is 13.8 Å². The van der Waals surface area contributed by atoms with Gasteiger partial charge in [0.2, 0.25) is 0 Å². The Labute approximate surface area is 151 Å². The van der Waals surface area contributed by atoms with Gasteiger partial charge in [-0.2, -0.15) is 0 Å². The van der Waals surface area contributed by atoms with E-state index in [1.807, 2.05) is 0 Å². The normalized spacial score (nSPS) is 10.7. The van der Waals surface area contributed by atoms with Gasteiger partial charge >= 0.3 is 11.6 Å². The van der Waals surface area contributed by atoms with Crippen LogP contribution in [-0.2, 0) is 0 Å². The molecule has 1 aromatic heterocycles. The van der Waals surface area contributed by atoms with Gasteiger partial charge in [-0.15, -0.1) is 0 Å². The molecule has 132 valence electrons. The van der Waals surface area contributed by atoms with Gasteiger partial charge in [-0.25, -0.2) is 9.59 Å². The van der Waals surface area contributed by atoms with Crippen LogP contribution in [0, 0.1) is 24.0 Å². The van der Waals surface area contributed by atoms with Crippen molar-refractivity contribution in [2.24, 2.45) is 0 Å². The van der Waals surface area contributed by atoms with Crippen LogP contribution in [-0.4, -0.2) is 10.9 Å². The Morgan fingerprint density at radius 1 is 1.19 bits per heavy atom. The van der Waals surface area contributed by atoms with Gasteiger partial charge in [0.25, 0.3) is 5.69 Å². The number of hydrogen-bond acceptors (Lipinski definition) is 6. The third-order valence-electron chi connectivity index (χ3n) is 3.90. The van der Waals surface area contributed by atoms with Crippen molar-refractivity contribution in [1.82, 2.24) is 0 Å². The van der Waals surface area contributed by atoms with E-state index in [4.69, 9.17) is 20.8 Å². The second kappa shape index (κ2) is 6.61. The van der Waals surface area contributed by atoms with Gasteiger partial charge < -0.3 is 9.15 Å². The molecule has 26 heavy (non-hydrogen) atoms. The largest absolute Gasteiger partial charge is 0.423 e. The zero-order chi connectivity index (χ0) is 19.0. The van der Waals surface area contributed by atoms with Crippen LogP contribution in [0.5, 0.6) is 5.75 Å². The first-order valence-electron chi connectivity index (χ1n) is 7.48. The van der Waals surface area contributed by atoms with Crippen LogP contribution in [0.2, 0.25) is 5.02 Å². The number of carbonyl (C=O) groups is 1. The number of rotatable bonds is 3. The summed E-state index contributed by atoms with van der Waals surface area (Å²) in [6.45, 7) is 3.43. The second-order valence-electron chi connectivity index (χ2n) is 5.63. The standard InChI is InChI=1S/C18H12ClNO6/c1-9-7-16(21)26-17-10(2)15(6-4-12(9)17)25-18(22)11-3-5-13(19)14(8-11)20(23)24/h3-8H,1-2H3. The maximum atomic E-state index is 12.3. The molecule has 0 saturated heterocycles. The fourth-order valence-electron chi connectivity index (χ4n) is 2.55. The number of carbonyl (C=O) groups excluding carboxylic acids is 1. The summed E-state index contributed by atoms with van der Waals surface area (Å²) >= 11 is 5.74. The zero-order valence-electron chi connectivity index (χ0n) is 13.7. The Morgan fingerprint density at radius 2 is 1.92 bits per heavy atom. The van der Waals surface area contributed by atoms with Gasteiger partial charge in [0.1, 0.15) is 16.4 Å². The second-order valence-corrected chi connectivity index (χ2v) is 6.03. The lowest BCUT2D eigenvalue weighted by atomic mass is 10.1. The van der Waals surface area contributed by atoms with Crippen molar-refractivity contribution < 1.29 is 18.9 Å². The molecule has 8 heteroatoms. The number of hydrogen-bond donors (Lipinski definition) is 0. The molecule has 0 aliphatic heterocycles. The van der Waals surface area contributed by atoms with Gasteiger partial charge in [-0.05, 0) is 43.7 Å². The summed E-state index contributed by atoms with van der Waals surface area (Å²) < 4.78 is 10.5. The average Bonchev–Trinajstić information content (AvgIpc) is 2.57. The van der Waals surface area contributed by atoms with E-state index in [1.165, 1.54) is 18.2 Å². The van der Waals surface area contributed by atoms with Crippen molar-refractivity contribution >= 4 is 34.2 Å². The smallest absolute Gasteiger partial charge is 0.343 e. The van der Waals surface area contributed by atoms with E-state index < -0.39 is 22.2 Å². The van der Waals surface area contributed by atoms with Crippen LogP contribution in [0.25, 0.3) is 11.0 Å². The molecule has 0 aliphatic rings. The summed E-state index contributed by atoms with van der Waals surface area (Å²) in [5.41, 5.74) is 0.618. The van der Waals surface area contributed by atoms with Gasteiger partial charge in [0.05, 0.1) is 10.5 Å². The highest BCUT2D eigenvalue weighted by molar-refractivity contribution is 6.32. The lowest BCUT2D eigenvalue weighted by molar-refractivity contribution is -0.384. The summed E-state index contributed by atoms with van der Waals surface area (Å²) in [5, 5.41) is 11.6. The highest BCUT2D eigenvalue weighted by Gasteiger charge is 2.19. The first-order valence-corrected chi connectivity index (χ1v) is 7.86. The van der Waals surface area contributed by atoms with Gasteiger partial charge in [0.15, 0.2) is 0 Å². The molecule has 2 aromatic carbocycles. The Kier molecular flexibility index (Phi) is 4.48. The number of esters is 1. The van der Waals surface area contributed by atoms with E-state index in [9.17, 15) is 19.7 Å². The zero-order valence-corrected chi connectivity index (χ0v) is 14.5. The molecule has 7 nitrogen and oxygen atoms in total. The Morgan fingerprint density at radius 3 is 2.62 bits per heavy atom. The SMILES string of the molecule is Cc1cc(=O)oc2c(C)c(OC(=O)c3ccc(Cl)c([N+](=O)[O-])c3)ccc12. The maximum absolute atomic E-state index is 12.3. The molecule has 0 unspecified atom stereocenters. The monoisotopic (exact) mass is 373 g/mol. The van der Waals surface area contributed by atoms with E-state index in [1.54, 1.807) is 26.0 Å². The highest BCUT2D eigenvalue weighted by Crippen LogP contribution is 2.30. The summed E-state index contributed by atoms with van der Waals surface area (Å²) in [6.07, 6.45) is 0. The minimum atomic E-state index is -0.790. The van der Waals surface area contributed by atoms with Crippen molar-refractivity contribution in [1.29, 1.82) is 0 Å². The van der Waals surface area contributed by atoms with E-state index in [0.29, 0.717) is 11.1 Å². The van der Waals surface area contributed by atoms with Crippen LogP contribution >= 0.6 is 11.6 Å². The number of benzene rings is 2. The minimum absolute atomic E-state index is 0.0220. The molecule has 1 heterocycles. The maximum Gasteiger partial charge on any atom is 0.343 e. The van der Waals surface area contributed by atoms with Gasteiger partial charge in [0, 0.05) is 23.1 Å². The fraction of sp³-hybridized carbons (Fsp3) is 0.111. The number of nitro groups is 1. The Balaban J connectivity index is 2.00. The molecule has 0 amide bonds. The number of nitro benzene ring substituents is 1. The van der Waals surface area contributed by atoms with E-state index in [-0.39, 0.29) is 16.3 Å². The highest BCUT2D eigenvalue weighted by atomic mass is 35.5. The Hall–Kier alpha value is -3.19. The molecule has 3 aromatic rings. The first kappa shape index (κ1) is 17.6. The molecule has 0 atom stereocenters. The minimum Gasteiger partial charge on any atom is -0.423 e. The van der Waals surface area contributed by atoms with Crippen LogP contribution in [0.1, 0.15) is 21.5 Å². The quantitative estimate of drug-likeness (QED) is 0.224. The third-order valence-corrected chi connectivity index (χ3v) is 4.22. The predicted molar refractivity (Wildman–Crippen MR) is 95.0 cm³/mol. The van der Waals surface area contributed by atoms with Crippen LogP contribution < -0.4 is 10.4 Å². The van der Waals surface area contributed by atoms with Crippen molar-refractivity contribution in [3.63, 3.8) is 0 Å². The average molecular weight is 374 g/mol. The Bertz CT molecular complexity index is 1120. The summed E-state index contributed by atoms with van der Waals surface area (Å²) in [7, 11) is 0. The summed E-state index contributed by atoms with van der Waals surface area (Å²) in [5.74, 6) is -0.601. The molecule has 3 rings (SSSR count). The molecule has 0 radical (unpaired) electrons. The fourth-order valence-corrected chi connectivity index (χ4v) is 2.74. The van der Waals surface area contributed by atoms with Crippen molar-refractivity contribution in [3.05, 3.63) is 78.6 Å². The molecule has 0 fully saturated rings. The third kappa shape index (κ3) is 3.16. The lowest BCUT2D eigenvalue weighted by Crippen LogP contribution is -2.10. The molecule has 0 spiro atoms. The van der Waals surface area contributed by atoms with E-state index in [0.717, 1.165) is 17.0 Å². The predicted octanol–water partition coefficient (Wildman–Crippen LogP) is 4.19. The van der Waals surface area contributed by atoms with Crippen LogP contribution in [0.15, 0.2) is 45.6 Å². The molecule has 0 saturated carbocycles. The number of aryl methyl sites for hydroxylation is 2.